The Labute approximate surface area is 112 Å². The Morgan fingerprint density at radius 1 is 1.17 bits per heavy atom. The number of hydrogen-bond donors (Lipinski definition) is 2. The molecule has 0 bridgehead atoms. The monoisotopic (exact) mass is 277 g/mol. The highest BCUT2D eigenvalue weighted by Gasteiger charge is 2.26. The highest BCUT2D eigenvalue weighted by molar-refractivity contribution is 7.87. The molecule has 0 aromatic rings. The zero-order valence-corrected chi connectivity index (χ0v) is 12.6. The Kier molecular flexibility index (Phi) is 6.55. The average Bonchev–Trinajstić information content (AvgIpc) is 2.34. The molecule has 0 radical (unpaired) electrons. The van der Waals surface area contributed by atoms with Gasteiger partial charge in [0.05, 0.1) is 0 Å². The van der Waals surface area contributed by atoms with Crippen LogP contribution in [0.5, 0.6) is 0 Å². The molecule has 0 saturated heterocycles. The van der Waals surface area contributed by atoms with E-state index in [-0.39, 0.29) is 6.04 Å². The Morgan fingerprint density at radius 3 is 2.33 bits per heavy atom. The largest absolute Gasteiger partial charge is 0.313 e. The Hall–Kier alpha value is -0.170. The summed E-state index contributed by atoms with van der Waals surface area (Å²) >= 11 is 0. The number of rotatable bonds is 7. The van der Waals surface area contributed by atoms with Crippen LogP contribution in [0.25, 0.3) is 0 Å². The highest BCUT2D eigenvalue weighted by atomic mass is 32.2. The van der Waals surface area contributed by atoms with Crippen LogP contribution in [0.4, 0.5) is 0 Å². The smallest absolute Gasteiger partial charge is 0.279 e. The summed E-state index contributed by atoms with van der Waals surface area (Å²) in [7, 11) is -1.63. The highest BCUT2D eigenvalue weighted by Crippen LogP contribution is 2.22. The molecule has 0 spiro atoms. The summed E-state index contributed by atoms with van der Waals surface area (Å²) in [5, 5.41) is 3.19. The molecule has 1 fully saturated rings. The minimum Gasteiger partial charge on any atom is -0.313 e. The van der Waals surface area contributed by atoms with Crippen molar-refractivity contribution < 1.29 is 8.42 Å². The molecule has 0 heterocycles. The van der Waals surface area contributed by atoms with Gasteiger partial charge in [-0.15, -0.1) is 0 Å². The molecule has 6 heteroatoms. The van der Waals surface area contributed by atoms with Crippen LogP contribution in [-0.2, 0) is 10.2 Å². The van der Waals surface area contributed by atoms with Crippen LogP contribution in [0.1, 0.15) is 46.0 Å². The second-order valence-corrected chi connectivity index (χ2v) is 7.13. The summed E-state index contributed by atoms with van der Waals surface area (Å²) in [5.74, 6) is 0. The third kappa shape index (κ3) is 5.22. The number of nitrogens with one attached hydrogen (secondary N) is 2. The van der Waals surface area contributed by atoms with Crippen molar-refractivity contribution in [3.05, 3.63) is 0 Å². The topological polar surface area (TPSA) is 61.4 Å². The first-order chi connectivity index (χ1) is 8.43. The molecule has 0 unspecified atom stereocenters. The Bertz CT molecular complexity index is 324. The van der Waals surface area contributed by atoms with Gasteiger partial charge in [-0.25, -0.2) is 4.72 Å². The van der Waals surface area contributed by atoms with Crippen molar-refractivity contribution in [2.75, 3.05) is 20.1 Å². The fourth-order valence-corrected chi connectivity index (χ4v) is 3.45. The van der Waals surface area contributed by atoms with Crippen LogP contribution in [0.15, 0.2) is 0 Å². The van der Waals surface area contributed by atoms with Gasteiger partial charge >= 0.3 is 0 Å². The van der Waals surface area contributed by atoms with E-state index in [4.69, 9.17) is 0 Å². The van der Waals surface area contributed by atoms with Gasteiger partial charge in [0.2, 0.25) is 0 Å². The Balaban J connectivity index is 2.36. The van der Waals surface area contributed by atoms with Crippen molar-refractivity contribution in [3.8, 4) is 0 Å². The fraction of sp³-hybridized carbons (Fsp3) is 1.00. The fourth-order valence-electron chi connectivity index (χ4n) is 2.28. The zero-order chi connectivity index (χ0) is 13.6. The molecule has 1 aliphatic rings. The summed E-state index contributed by atoms with van der Waals surface area (Å²) in [5.41, 5.74) is 0. The first kappa shape index (κ1) is 15.9. The van der Waals surface area contributed by atoms with Gasteiger partial charge in [-0.05, 0) is 12.8 Å². The van der Waals surface area contributed by atoms with Crippen LogP contribution in [0.3, 0.4) is 0 Å². The van der Waals surface area contributed by atoms with Crippen LogP contribution < -0.4 is 10.0 Å². The van der Waals surface area contributed by atoms with Gasteiger partial charge in [-0.1, -0.05) is 33.1 Å². The minimum atomic E-state index is -3.31. The number of hydrogen-bond acceptors (Lipinski definition) is 3. The lowest BCUT2D eigenvalue weighted by Crippen LogP contribution is -2.46. The summed E-state index contributed by atoms with van der Waals surface area (Å²) in [6, 6.07) is 0.555. The van der Waals surface area contributed by atoms with Gasteiger partial charge in [-0.3, -0.25) is 0 Å². The predicted octanol–water partition coefficient (Wildman–Crippen LogP) is 1.08. The van der Waals surface area contributed by atoms with E-state index in [9.17, 15) is 8.42 Å². The lowest BCUT2D eigenvalue weighted by Gasteiger charge is -2.30. The quantitative estimate of drug-likeness (QED) is 0.685. The molecule has 2 N–H and O–H groups in total. The average molecular weight is 277 g/mol. The molecular formula is C12H27N3O2S. The lowest BCUT2D eigenvalue weighted by molar-refractivity contribution is 0.283. The van der Waals surface area contributed by atoms with Gasteiger partial charge in [-0.2, -0.15) is 12.7 Å². The van der Waals surface area contributed by atoms with Crippen LogP contribution in [0.2, 0.25) is 0 Å². The van der Waals surface area contributed by atoms with Crippen molar-refractivity contribution in [3.63, 3.8) is 0 Å². The minimum absolute atomic E-state index is 0.175. The van der Waals surface area contributed by atoms with Crippen LogP contribution >= 0.6 is 0 Å². The SMILES string of the molecule is CC(C)NCCNS(=O)(=O)N(C)C1CCCCC1. The van der Waals surface area contributed by atoms with Crippen molar-refractivity contribution in [2.45, 2.75) is 58.0 Å². The number of nitrogens with zero attached hydrogens (tertiary/aromatic N) is 1. The molecule has 0 aromatic heterocycles. The van der Waals surface area contributed by atoms with E-state index in [0.29, 0.717) is 19.1 Å². The third-order valence-corrected chi connectivity index (χ3v) is 5.06. The standard InChI is InChI=1S/C12H27N3O2S/c1-11(2)13-9-10-14-18(16,17)15(3)12-7-5-4-6-8-12/h11-14H,4-10H2,1-3H3. The summed E-state index contributed by atoms with van der Waals surface area (Å²) < 4.78 is 28.3. The molecular weight excluding hydrogens is 250 g/mol. The van der Waals surface area contributed by atoms with E-state index in [2.05, 4.69) is 10.0 Å². The lowest BCUT2D eigenvalue weighted by atomic mass is 9.96. The van der Waals surface area contributed by atoms with Gasteiger partial charge in [0.15, 0.2) is 0 Å². The Morgan fingerprint density at radius 2 is 1.78 bits per heavy atom. The molecule has 1 aliphatic carbocycles. The van der Waals surface area contributed by atoms with E-state index in [1.807, 2.05) is 13.8 Å². The predicted molar refractivity (Wildman–Crippen MR) is 74.7 cm³/mol. The molecule has 1 rings (SSSR count). The van der Waals surface area contributed by atoms with E-state index in [0.717, 1.165) is 25.7 Å². The second-order valence-electron chi connectivity index (χ2n) is 5.32. The van der Waals surface area contributed by atoms with Gasteiger partial charge in [0, 0.05) is 32.2 Å². The maximum absolute atomic E-state index is 12.1. The third-order valence-electron chi connectivity index (χ3n) is 3.43. The van der Waals surface area contributed by atoms with E-state index in [1.165, 1.54) is 10.7 Å². The van der Waals surface area contributed by atoms with Crippen molar-refractivity contribution in [1.82, 2.24) is 14.3 Å². The molecule has 108 valence electrons. The van der Waals surface area contributed by atoms with E-state index < -0.39 is 10.2 Å². The normalized spacial score (nSPS) is 18.7. The van der Waals surface area contributed by atoms with Crippen molar-refractivity contribution >= 4 is 10.2 Å². The van der Waals surface area contributed by atoms with E-state index in [1.54, 1.807) is 7.05 Å². The second kappa shape index (κ2) is 7.43. The maximum atomic E-state index is 12.1. The molecule has 0 aliphatic heterocycles. The summed E-state index contributed by atoms with van der Waals surface area (Å²) in [6.07, 6.45) is 5.48. The first-order valence-corrected chi connectivity index (χ1v) is 8.33. The molecule has 0 atom stereocenters. The van der Waals surface area contributed by atoms with Crippen LogP contribution in [0, 0.1) is 0 Å². The van der Waals surface area contributed by atoms with Crippen molar-refractivity contribution in [1.29, 1.82) is 0 Å². The summed E-state index contributed by atoms with van der Waals surface area (Å²) in [6.45, 7) is 5.19. The molecule has 5 nitrogen and oxygen atoms in total. The van der Waals surface area contributed by atoms with Gasteiger partial charge in [0.25, 0.3) is 10.2 Å². The first-order valence-electron chi connectivity index (χ1n) is 6.89. The maximum Gasteiger partial charge on any atom is 0.279 e. The van der Waals surface area contributed by atoms with Gasteiger partial charge < -0.3 is 5.32 Å². The van der Waals surface area contributed by atoms with Gasteiger partial charge in [0.1, 0.15) is 0 Å². The summed E-state index contributed by atoms with van der Waals surface area (Å²) in [4.78, 5) is 0. The molecule has 1 saturated carbocycles. The van der Waals surface area contributed by atoms with E-state index >= 15 is 0 Å². The van der Waals surface area contributed by atoms with Crippen LogP contribution in [-0.4, -0.2) is 44.9 Å². The zero-order valence-electron chi connectivity index (χ0n) is 11.8. The molecule has 18 heavy (non-hydrogen) atoms. The molecule has 0 amide bonds. The van der Waals surface area contributed by atoms with Crippen molar-refractivity contribution in [2.24, 2.45) is 0 Å². The molecule has 0 aromatic carbocycles.